The van der Waals surface area contributed by atoms with Crippen LogP contribution in [0, 0.1) is 0 Å². The van der Waals surface area contributed by atoms with Crippen molar-refractivity contribution in [3.63, 3.8) is 0 Å². The number of pyridine rings is 1. The summed E-state index contributed by atoms with van der Waals surface area (Å²) in [6, 6.07) is 1.08. The summed E-state index contributed by atoms with van der Waals surface area (Å²) in [6.45, 7) is 0. The number of hydrogen-bond acceptors (Lipinski definition) is 3. The summed E-state index contributed by atoms with van der Waals surface area (Å²) >= 11 is 3.00. The number of nitrogens with zero attached hydrogens (tertiary/aromatic N) is 1. The second-order valence-electron chi connectivity index (χ2n) is 2.20. The quantitative estimate of drug-likeness (QED) is 0.829. The summed E-state index contributed by atoms with van der Waals surface area (Å²) < 4.78 is 44.0. The summed E-state index contributed by atoms with van der Waals surface area (Å²) in [6.07, 6.45) is -3.60. The molecule has 0 amide bonds. The second-order valence-corrected chi connectivity index (χ2v) is 3.06. The van der Waals surface area contributed by atoms with Gasteiger partial charge in [-0.1, -0.05) is 0 Å². The molecule has 78 valence electrons. The van der Waals surface area contributed by atoms with Crippen LogP contribution >= 0.6 is 15.9 Å². The topological polar surface area (TPSA) is 31.4 Å². The minimum atomic E-state index is -4.74. The Bertz CT molecular complexity index is 329. The van der Waals surface area contributed by atoms with Gasteiger partial charge in [0, 0.05) is 6.07 Å². The van der Waals surface area contributed by atoms with Crippen molar-refractivity contribution in [2.75, 3.05) is 7.11 Å². The van der Waals surface area contributed by atoms with Gasteiger partial charge in [0.15, 0.2) is 5.75 Å². The molecule has 3 nitrogen and oxygen atoms in total. The zero-order valence-electron chi connectivity index (χ0n) is 6.93. The molecule has 0 radical (unpaired) electrons. The fourth-order valence-corrected chi connectivity index (χ4v) is 1.19. The molecule has 0 saturated carbocycles. The second kappa shape index (κ2) is 4.04. The van der Waals surface area contributed by atoms with Crippen LogP contribution in [0.5, 0.6) is 11.6 Å². The van der Waals surface area contributed by atoms with E-state index in [1.54, 1.807) is 0 Å². The highest BCUT2D eigenvalue weighted by Crippen LogP contribution is 2.29. The molecular formula is C7H5BrF3NO2. The average Bonchev–Trinajstić information content (AvgIpc) is 2.01. The zero-order valence-corrected chi connectivity index (χ0v) is 8.52. The number of rotatable bonds is 2. The van der Waals surface area contributed by atoms with E-state index in [-0.39, 0.29) is 0 Å². The molecule has 0 aliphatic rings. The number of hydrogen-bond donors (Lipinski definition) is 0. The molecule has 0 fully saturated rings. The van der Waals surface area contributed by atoms with E-state index in [4.69, 9.17) is 4.74 Å². The third-order valence-corrected chi connectivity index (χ3v) is 1.85. The Kier molecular flexibility index (Phi) is 3.20. The van der Waals surface area contributed by atoms with Crippen molar-refractivity contribution in [3.05, 3.63) is 16.7 Å². The number of halogens is 4. The Balaban J connectivity index is 2.87. The molecule has 0 bridgehead atoms. The number of aromatic nitrogens is 1. The molecule has 0 unspecified atom stereocenters. The van der Waals surface area contributed by atoms with Crippen LogP contribution in [0.2, 0.25) is 0 Å². The van der Waals surface area contributed by atoms with E-state index < -0.39 is 12.2 Å². The van der Waals surface area contributed by atoms with Crippen molar-refractivity contribution < 1.29 is 22.6 Å². The summed E-state index contributed by atoms with van der Waals surface area (Å²) in [4.78, 5) is 3.40. The van der Waals surface area contributed by atoms with Crippen molar-refractivity contribution in [2.45, 2.75) is 6.36 Å². The average molecular weight is 272 g/mol. The van der Waals surface area contributed by atoms with Crippen LogP contribution in [0.25, 0.3) is 0 Å². The van der Waals surface area contributed by atoms with Gasteiger partial charge in [-0.25, -0.2) is 4.98 Å². The molecule has 0 aromatic carbocycles. The summed E-state index contributed by atoms with van der Waals surface area (Å²) in [5, 5.41) is 0. The largest absolute Gasteiger partial charge is 0.574 e. The van der Waals surface area contributed by atoms with Gasteiger partial charge in [-0.3, -0.25) is 0 Å². The first-order chi connectivity index (χ1) is 6.42. The van der Waals surface area contributed by atoms with Crippen LogP contribution in [-0.4, -0.2) is 18.5 Å². The van der Waals surface area contributed by atoms with Crippen LogP contribution in [0.3, 0.4) is 0 Å². The monoisotopic (exact) mass is 271 g/mol. The third-order valence-electron chi connectivity index (χ3n) is 1.23. The Morgan fingerprint density at radius 3 is 2.50 bits per heavy atom. The van der Waals surface area contributed by atoms with Crippen LogP contribution in [0.15, 0.2) is 16.7 Å². The highest BCUT2D eigenvalue weighted by Gasteiger charge is 2.31. The van der Waals surface area contributed by atoms with Gasteiger partial charge in [0.25, 0.3) is 0 Å². The van der Waals surface area contributed by atoms with Gasteiger partial charge in [0.05, 0.1) is 17.8 Å². The lowest BCUT2D eigenvalue weighted by Gasteiger charge is -2.08. The number of ether oxygens (including phenoxy) is 2. The lowest BCUT2D eigenvalue weighted by molar-refractivity contribution is -0.276. The Morgan fingerprint density at radius 1 is 1.43 bits per heavy atom. The van der Waals surface area contributed by atoms with E-state index >= 15 is 0 Å². The molecule has 1 aromatic heterocycles. The minimum absolute atomic E-state index is 0.333. The Hall–Kier alpha value is -0.980. The normalized spacial score (nSPS) is 11.2. The van der Waals surface area contributed by atoms with Gasteiger partial charge >= 0.3 is 6.36 Å². The van der Waals surface area contributed by atoms with Gasteiger partial charge in [0.2, 0.25) is 5.88 Å². The van der Waals surface area contributed by atoms with Crippen molar-refractivity contribution in [1.29, 1.82) is 0 Å². The van der Waals surface area contributed by atoms with E-state index in [1.807, 2.05) is 0 Å². The van der Waals surface area contributed by atoms with Gasteiger partial charge in [0.1, 0.15) is 0 Å². The molecular weight excluding hydrogens is 267 g/mol. The minimum Gasteiger partial charge on any atom is -0.494 e. The molecule has 0 aliphatic heterocycles. The summed E-state index contributed by atoms with van der Waals surface area (Å²) in [7, 11) is 1.38. The highest BCUT2D eigenvalue weighted by molar-refractivity contribution is 9.10. The van der Waals surface area contributed by atoms with Crippen molar-refractivity contribution in [3.8, 4) is 11.6 Å². The molecule has 0 aliphatic carbocycles. The van der Waals surface area contributed by atoms with Crippen LogP contribution in [0.4, 0.5) is 13.2 Å². The third kappa shape index (κ3) is 3.06. The van der Waals surface area contributed by atoms with Crippen molar-refractivity contribution in [2.24, 2.45) is 0 Å². The number of methoxy groups -OCH3 is 1. The van der Waals surface area contributed by atoms with Crippen molar-refractivity contribution in [1.82, 2.24) is 4.98 Å². The van der Waals surface area contributed by atoms with Gasteiger partial charge in [-0.2, -0.15) is 0 Å². The van der Waals surface area contributed by atoms with Gasteiger partial charge in [-0.05, 0) is 15.9 Å². The molecule has 1 rings (SSSR count). The van der Waals surface area contributed by atoms with Gasteiger partial charge in [-0.15, -0.1) is 13.2 Å². The van der Waals surface area contributed by atoms with Crippen LogP contribution in [-0.2, 0) is 0 Å². The van der Waals surface area contributed by atoms with Crippen LogP contribution in [0.1, 0.15) is 0 Å². The van der Waals surface area contributed by atoms with E-state index in [1.165, 1.54) is 7.11 Å². The molecule has 1 heterocycles. The maximum Gasteiger partial charge on any atom is 0.574 e. The van der Waals surface area contributed by atoms with E-state index in [0.717, 1.165) is 12.3 Å². The first-order valence-corrected chi connectivity index (χ1v) is 4.17. The highest BCUT2D eigenvalue weighted by atomic mass is 79.9. The lowest BCUT2D eigenvalue weighted by Crippen LogP contribution is -2.17. The summed E-state index contributed by atoms with van der Waals surface area (Å²) in [5.41, 5.74) is 0. The zero-order chi connectivity index (χ0) is 10.8. The Morgan fingerprint density at radius 2 is 2.07 bits per heavy atom. The fourth-order valence-electron chi connectivity index (χ4n) is 0.725. The van der Waals surface area contributed by atoms with Gasteiger partial charge < -0.3 is 9.47 Å². The lowest BCUT2D eigenvalue weighted by atomic mass is 10.4. The molecule has 0 N–H and O–H groups in total. The van der Waals surface area contributed by atoms with Crippen molar-refractivity contribution >= 4 is 15.9 Å². The van der Waals surface area contributed by atoms with E-state index in [9.17, 15) is 13.2 Å². The standard InChI is InChI=1S/C7H5BrF3NO2/c1-13-5-3-12-6(2-4(5)8)14-7(9,10)11/h2-3H,1H3. The molecule has 7 heteroatoms. The molecule has 0 spiro atoms. The number of alkyl halides is 3. The smallest absolute Gasteiger partial charge is 0.494 e. The SMILES string of the molecule is COc1cnc(OC(F)(F)F)cc1Br. The molecule has 0 saturated heterocycles. The first kappa shape index (κ1) is 11.1. The molecule has 0 atom stereocenters. The predicted molar refractivity (Wildman–Crippen MR) is 45.2 cm³/mol. The van der Waals surface area contributed by atoms with Crippen LogP contribution < -0.4 is 9.47 Å². The fraction of sp³-hybridized carbons (Fsp3) is 0.286. The molecule has 1 aromatic rings. The maximum absolute atomic E-state index is 11.7. The first-order valence-electron chi connectivity index (χ1n) is 3.37. The summed E-state index contributed by atoms with van der Waals surface area (Å²) in [5.74, 6) is -0.204. The molecule has 14 heavy (non-hydrogen) atoms. The maximum atomic E-state index is 11.7. The predicted octanol–water partition coefficient (Wildman–Crippen LogP) is 2.75. The van der Waals surface area contributed by atoms with E-state index in [0.29, 0.717) is 10.2 Å². The Labute approximate surface area is 86.0 Å². The van der Waals surface area contributed by atoms with E-state index in [2.05, 4.69) is 25.7 Å².